The summed E-state index contributed by atoms with van der Waals surface area (Å²) < 4.78 is 13.5. The van der Waals surface area contributed by atoms with Crippen molar-refractivity contribution < 1.29 is 9.31 Å². The van der Waals surface area contributed by atoms with Gasteiger partial charge in [0, 0.05) is 11.9 Å². The van der Waals surface area contributed by atoms with Crippen LogP contribution in [0.1, 0.15) is 88.8 Å². The maximum atomic E-state index is 6.74. The minimum Gasteiger partial charge on any atom is -0.522 e. The van der Waals surface area contributed by atoms with Gasteiger partial charge in [-0.2, -0.15) is 0 Å². The highest BCUT2D eigenvalue weighted by molar-refractivity contribution is 6.62. The highest BCUT2D eigenvalue weighted by Crippen LogP contribution is 2.40. The van der Waals surface area contributed by atoms with E-state index in [9.17, 15) is 0 Å². The fraction of sp³-hybridized carbons (Fsp3) is 0.419. The average molecular weight is 454 g/mol. The lowest BCUT2D eigenvalue weighted by Gasteiger charge is -2.30. The van der Waals surface area contributed by atoms with E-state index in [4.69, 9.17) is 9.31 Å². The molecule has 1 aliphatic rings. The van der Waals surface area contributed by atoms with Gasteiger partial charge in [-0.1, -0.05) is 110 Å². The Kier molecular flexibility index (Phi) is 6.59. The van der Waals surface area contributed by atoms with Crippen LogP contribution >= 0.6 is 0 Å². The van der Waals surface area contributed by atoms with Crippen LogP contribution in [0.25, 0.3) is 0 Å². The molecule has 0 atom stereocenters. The van der Waals surface area contributed by atoms with Crippen LogP contribution in [0.2, 0.25) is 0 Å². The van der Waals surface area contributed by atoms with Gasteiger partial charge in [-0.3, -0.25) is 0 Å². The third-order valence-corrected chi connectivity index (χ3v) is 6.88. The van der Waals surface area contributed by atoms with Gasteiger partial charge in [0.15, 0.2) is 0 Å². The highest BCUT2D eigenvalue weighted by atomic mass is 16.6. The van der Waals surface area contributed by atoms with Gasteiger partial charge < -0.3 is 9.31 Å². The van der Waals surface area contributed by atoms with Gasteiger partial charge >= 0.3 is 7.12 Å². The lowest BCUT2D eigenvalue weighted by Crippen LogP contribution is -2.44. The fourth-order valence-corrected chi connectivity index (χ4v) is 4.66. The Morgan fingerprint density at radius 1 is 0.676 bits per heavy atom. The van der Waals surface area contributed by atoms with Crippen LogP contribution < -0.4 is 14.8 Å². The van der Waals surface area contributed by atoms with Crippen molar-refractivity contribution in [1.82, 2.24) is 0 Å². The molecule has 0 saturated carbocycles. The van der Waals surface area contributed by atoms with E-state index >= 15 is 0 Å². The molecule has 1 aliphatic heterocycles. The van der Waals surface area contributed by atoms with Gasteiger partial charge in [0.05, 0.1) is 0 Å². The van der Waals surface area contributed by atoms with Crippen LogP contribution in [0.4, 0.5) is 0 Å². The van der Waals surface area contributed by atoms with E-state index in [1.54, 1.807) is 0 Å². The average Bonchev–Trinajstić information content (AvgIpc) is 2.77. The summed E-state index contributed by atoms with van der Waals surface area (Å²) in [4.78, 5) is 0. The molecular weight excluding hydrogens is 415 g/mol. The predicted octanol–water partition coefficient (Wildman–Crippen LogP) is 7.16. The van der Waals surface area contributed by atoms with Crippen molar-refractivity contribution in [1.29, 1.82) is 0 Å². The number of benzene rings is 3. The van der Waals surface area contributed by atoms with Crippen LogP contribution in [0.5, 0.6) is 11.5 Å². The van der Waals surface area contributed by atoms with Crippen molar-refractivity contribution in [2.24, 2.45) is 0 Å². The lowest BCUT2D eigenvalue weighted by molar-refractivity contribution is 0.421. The normalized spacial score (nSPS) is 13.8. The molecule has 0 aliphatic carbocycles. The molecule has 3 aromatic carbocycles. The van der Waals surface area contributed by atoms with E-state index in [0.717, 1.165) is 36.2 Å². The second-order valence-electron chi connectivity index (χ2n) is 11.6. The largest absolute Gasteiger partial charge is 0.632 e. The molecule has 178 valence electrons. The van der Waals surface area contributed by atoms with Gasteiger partial charge in [-0.05, 0) is 57.1 Å². The summed E-state index contributed by atoms with van der Waals surface area (Å²) >= 11 is 0. The molecule has 0 N–H and O–H groups in total. The third-order valence-electron chi connectivity index (χ3n) is 6.88. The van der Waals surface area contributed by atoms with E-state index in [1.807, 2.05) is 6.07 Å². The Hall–Kier alpha value is -2.68. The molecule has 0 spiro atoms. The molecule has 0 saturated heterocycles. The van der Waals surface area contributed by atoms with Crippen LogP contribution in [0, 0.1) is 0 Å². The van der Waals surface area contributed by atoms with Crippen molar-refractivity contribution >= 4 is 12.6 Å². The molecule has 0 aromatic heterocycles. The van der Waals surface area contributed by atoms with E-state index in [-0.39, 0.29) is 10.8 Å². The van der Waals surface area contributed by atoms with Crippen LogP contribution in [-0.4, -0.2) is 7.12 Å². The minimum atomic E-state index is -0.490. The highest BCUT2D eigenvalue weighted by Gasteiger charge is 2.33. The molecule has 3 heteroatoms. The maximum absolute atomic E-state index is 6.74. The smallest absolute Gasteiger partial charge is 0.522 e. The number of aryl methyl sites for hydroxylation is 2. The first-order valence-corrected chi connectivity index (χ1v) is 12.7. The Morgan fingerprint density at radius 3 is 1.50 bits per heavy atom. The SMILES string of the molecule is CCc1cc(C(C)(C)C)cc2c1OB(c1ccccc1)Oc1c(CC)cc(C(C)(C)C)cc1C2. The third kappa shape index (κ3) is 4.90. The van der Waals surface area contributed by atoms with Crippen LogP contribution in [-0.2, 0) is 30.1 Å². The summed E-state index contributed by atoms with van der Waals surface area (Å²) in [5, 5.41) is 0. The summed E-state index contributed by atoms with van der Waals surface area (Å²) in [6.45, 7) is 18.1. The second kappa shape index (κ2) is 9.17. The van der Waals surface area contributed by atoms with Gasteiger partial charge in [0.2, 0.25) is 0 Å². The van der Waals surface area contributed by atoms with E-state index in [0.29, 0.717) is 0 Å². The Labute approximate surface area is 206 Å². The summed E-state index contributed by atoms with van der Waals surface area (Å²) in [6.07, 6.45) is 2.64. The molecule has 0 unspecified atom stereocenters. The molecule has 3 aromatic rings. The maximum Gasteiger partial charge on any atom is 0.632 e. The van der Waals surface area contributed by atoms with Crippen molar-refractivity contribution in [3.05, 3.63) is 88.0 Å². The Bertz CT molecular complexity index is 1090. The number of hydrogen-bond acceptors (Lipinski definition) is 2. The first kappa shape index (κ1) is 24.4. The first-order valence-electron chi connectivity index (χ1n) is 12.7. The first-order chi connectivity index (χ1) is 16.0. The summed E-state index contributed by atoms with van der Waals surface area (Å²) in [5.74, 6) is 1.96. The minimum absolute atomic E-state index is 0.0707. The van der Waals surface area contributed by atoms with Crippen molar-refractivity contribution in [2.45, 2.75) is 85.5 Å². The van der Waals surface area contributed by atoms with Crippen molar-refractivity contribution in [2.75, 3.05) is 0 Å². The zero-order valence-electron chi connectivity index (χ0n) is 22.2. The summed E-state index contributed by atoms with van der Waals surface area (Å²) in [5.41, 5.74) is 8.89. The predicted molar refractivity (Wildman–Crippen MR) is 145 cm³/mol. The molecule has 0 amide bonds. The fourth-order valence-electron chi connectivity index (χ4n) is 4.66. The summed E-state index contributed by atoms with van der Waals surface area (Å²) in [7, 11) is -0.490. The molecule has 34 heavy (non-hydrogen) atoms. The van der Waals surface area contributed by atoms with E-state index in [1.165, 1.54) is 33.4 Å². The number of fused-ring (bicyclic) bond motifs is 2. The van der Waals surface area contributed by atoms with Gasteiger partial charge in [0.25, 0.3) is 0 Å². The van der Waals surface area contributed by atoms with Gasteiger partial charge in [-0.15, -0.1) is 0 Å². The van der Waals surface area contributed by atoms with Crippen LogP contribution in [0.15, 0.2) is 54.6 Å². The Balaban J connectivity index is 1.99. The molecule has 4 rings (SSSR count). The molecular formula is C31H39BO2. The zero-order valence-corrected chi connectivity index (χ0v) is 22.2. The van der Waals surface area contributed by atoms with Crippen LogP contribution in [0.3, 0.4) is 0 Å². The topological polar surface area (TPSA) is 18.5 Å². The Morgan fingerprint density at radius 2 is 1.12 bits per heavy atom. The summed E-state index contributed by atoms with van der Waals surface area (Å²) in [6, 6.07) is 19.7. The lowest BCUT2D eigenvalue weighted by atomic mass is 9.76. The van der Waals surface area contributed by atoms with Gasteiger partial charge in [-0.25, -0.2) is 0 Å². The zero-order chi connectivity index (χ0) is 24.7. The molecule has 1 heterocycles. The molecule has 0 bridgehead atoms. The molecule has 0 fully saturated rings. The van der Waals surface area contributed by atoms with Crippen molar-refractivity contribution in [3.63, 3.8) is 0 Å². The molecule has 0 radical (unpaired) electrons. The van der Waals surface area contributed by atoms with Gasteiger partial charge in [0.1, 0.15) is 11.5 Å². The molecule has 2 nitrogen and oxygen atoms in total. The number of hydrogen-bond donors (Lipinski definition) is 0. The monoisotopic (exact) mass is 454 g/mol. The number of rotatable bonds is 3. The second-order valence-corrected chi connectivity index (χ2v) is 11.6. The van der Waals surface area contributed by atoms with Crippen molar-refractivity contribution in [3.8, 4) is 11.5 Å². The standard InChI is InChI=1S/C31H39BO2/c1-9-21-17-25(30(3,4)5)19-23-16-24-20-26(31(6,7)8)18-22(10-2)29(24)34-32(33-28(21)23)27-14-12-11-13-15-27/h11-15,17-20H,9-10,16H2,1-8H3. The van der Waals surface area contributed by atoms with E-state index < -0.39 is 7.12 Å². The van der Waals surface area contributed by atoms with E-state index in [2.05, 4.69) is 104 Å². The quantitative estimate of drug-likeness (QED) is 0.391.